The molecular formula is C16H14FN3O3. The summed E-state index contributed by atoms with van der Waals surface area (Å²) in [5.41, 5.74) is 3.84. The molecule has 6 nitrogen and oxygen atoms in total. The standard InChI is InChI=1S/C16H14FN3O3/c1-3-22-20-15(21)11-8-13(10-6-4-5-7-12(10)17)18-16-14(11)9(2)19-23-16/h4-8H,3H2,1-2H3,(H,20,21). The molecular weight excluding hydrogens is 301 g/mol. The van der Waals surface area contributed by atoms with Crippen LogP contribution in [0.3, 0.4) is 0 Å². The molecule has 0 aliphatic rings. The van der Waals surface area contributed by atoms with Gasteiger partial charge in [0.25, 0.3) is 11.6 Å². The number of hydrogen-bond acceptors (Lipinski definition) is 5. The molecule has 0 atom stereocenters. The predicted octanol–water partition coefficient (Wildman–Crippen LogP) is 3.02. The Morgan fingerprint density at radius 2 is 2.17 bits per heavy atom. The average Bonchev–Trinajstić information content (AvgIpc) is 2.93. The molecule has 0 saturated heterocycles. The number of rotatable bonds is 4. The number of aromatic nitrogens is 2. The lowest BCUT2D eigenvalue weighted by molar-refractivity contribution is 0.0366. The molecule has 0 bridgehead atoms. The van der Waals surface area contributed by atoms with Crippen molar-refractivity contribution in [2.75, 3.05) is 6.61 Å². The van der Waals surface area contributed by atoms with Gasteiger partial charge >= 0.3 is 0 Å². The van der Waals surface area contributed by atoms with E-state index in [-0.39, 0.29) is 22.5 Å². The van der Waals surface area contributed by atoms with Crippen LogP contribution < -0.4 is 5.48 Å². The normalized spacial score (nSPS) is 10.9. The van der Waals surface area contributed by atoms with Crippen LogP contribution in [0.25, 0.3) is 22.4 Å². The molecule has 0 fully saturated rings. The van der Waals surface area contributed by atoms with Crippen LogP contribution in [0.5, 0.6) is 0 Å². The topological polar surface area (TPSA) is 77.2 Å². The molecule has 1 aromatic carbocycles. The zero-order valence-corrected chi connectivity index (χ0v) is 12.6. The van der Waals surface area contributed by atoms with Crippen LogP contribution >= 0.6 is 0 Å². The number of pyridine rings is 1. The van der Waals surface area contributed by atoms with Crippen LogP contribution in [0.4, 0.5) is 4.39 Å². The van der Waals surface area contributed by atoms with Gasteiger partial charge in [0.1, 0.15) is 5.82 Å². The molecule has 0 radical (unpaired) electrons. The molecule has 7 heteroatoms. The third kappa shape index (κ3) is 2.78. The minimum Gasteiger partial charge on any atom is -0.335 e. The largest absolute Gasteiger partial charge is 0.335 e. The molecule has 2 heterocycles. The minimum absolute atomic E-state index is 0.171. The van der Waals surface area contributed by atoms with Gasteiger partial charge in [-0.15, -0.1) is 0 Å². The average molecular weight is 315 g/mol. The summed E-state index contributed by atoms with van der Waals surface area (Å²) in [6.07, 6.45) is 0. The first kappa shape index (κ1) is 15.1. The second kappa shape index (κ2) is 6.13. The Kier molecular flexibility index (Phi) is 4.03. The number of carbonyl (C=O) groups is 1. The molecule has 0 aliphatic heterocycles. The smallest absolute Gasteiger partial charge is 0.275 e. The lowest BCUT2D eigenvalue weighted by Gasteiger charge is -2.08. The molecule has 118 valence electrons. The number of carbonyl (C=O) groups excluding carboxylic acids is 1. The fourth-order valence-electron chi connectivity index (χ4n) is 2.27. The highest BCUT2D eigenvalue weighted by atomic mass is 19.1. The van der Waals surface area contributed by atoms with Crippen LogP contribution in [0.15, 0.2) is 34.9 Å². The molecule has 1 amide bonds. The van der Waals surface area contributed by atoms with Gasteiger partial charge in [-0.3, -0.25) is 9.63 Å². The van der Waals surface area contributed by atoms with Gasteiger partial charge in [-0.25, -0.2) is 14.9 Å². The zero-order valence-electron chi connectivity index (χ0n) is 12.6. The van der Waals surface area contributed by atoms with Gasteiger partial charge in [-0.05, 0) is 32.0 Å². The van der Waals surface area contributed by atoms with Gasteiger partial charge in [0, 0.05) is 5.56 Å². The Labute approximate surface area is 131 Å². The van der Waals surface area contributed by atoms with Crippen molar-refractivity contribution in [2.45, 2.75) is 13.8 Å². The van der Waals surface area contributed by atoms with E-state index < -0.39 is 11.7 Å². The van der Waals surface area contributed by atoms with Crippen molar-refractivity contribution in [3.05, 3.63) is 47.4 Å². The zero-order chi connectivity index (χ0) is 16.4. The van der Waals surface area contributed by atoms with Crippen LogP contribution in [0.2, 0.25) is 0 Å². The number of nitrogens with zero attached hydrogens (tertiary/aromatic N) is 2. The number of amides is 1. The fourth-order valence-corrected chi connectivity index (χ4v) is 2.27. The van der Waals surface area contributed by atoms with E-state index in [2.05, 4.69) is 15.6 Å². The Morgan fingerprint density at radius 3 is 2.91 bits per heavy atom. The summed E-state index contributed by atoms with van der Waals surface area (Å²) in [6.45, 7) is 3.77. The third-order valence-corrected chi connectivity index (χ3v) is 3.32. The molecule has 3 aromatic rings. The highest BCUT2D eigenvalue weighted by Gasteiger charge is 2.20. The van der Waals surface area contributed by atoms with Crippen molar-refractivity contribution in [1.82, 2.24) is 15.6 Å². The Balaban J connectivity index is 2.19. The molecule has 3 rings (SSSR count). The summed E-state index contributed by atoms with van der Waals surface area (Å²) >= 11 is 0. The van der Waals surface area contributed by atoms with E-state index >= 15 is 0 Å². The maximum atomic E-state index is 14.0. The van der Waals surface area contributed by atoms with Crippen molar-refractivity contribution in [1.29, 1.82) is 0 Å². The van der Waals surface area contributed by atoms with Gasteiger partial charge in [0.05, 0.1) is 28.9 Å². The summed E-state index contributed by atoms with van der Waals surface area (Å²) in [4.78, 5) is 21.5. The van der Waals surface area contributed by atoms with Gasteiger partial charge in [-0.1, -0.05) is 17.3 Å². The third-order valence-electron chi connectivity index (χ3n) is 3.32. The minimum atomic E-state index is -0.469. The number of aryl methyl sites for hydroxylation is 1. The van der Waals surface area contributed by atoms with E-state index in [1.54, 1.807) is 32.0 Å². The van der Waals surface area contributed by atoms with Crippen LogP contribution in [0, 0.1) is 12.7 Å². The van der Waals surface area contributed by atoms with E-state index in [1.807, 2.05) is 0 Å². The van der Waals surface area contributed by atoms with E-state index in [9.17, 15) is 9.18 Å². The van der Waals surface area contributed by atoms with E-state index in [1.165, 1.54) is 12.1 Å². The van der Waals surface area contributed by atoms with Crippen molar-refractivity contribution in [2.24, 2.45) is 0 Å². The van der Waals surface area contributed by atoms with E-state index in [0.29, 0.717) is 17.7 Å². The van der Waals surface area contributed by atoms with Gasteiger partial charge in [0.2, 0.25) is 0 Å². The molecule has 0 spiro atoms. The first-order valence-corrected chi connectivity index (χ1v) is 7.06. The number of hydrogen-bond donors (Lipinski definition) is 1. The Hall–Kier alpha value is -2.80. The highest BCUT2D eigenvalue weighted by Crippen LogP contribution is 2.28. The first-order valence-electron chi connectivity index (χ1n) is 7.06. The summed E-state index contributed by atoms with van der Waals surface area (Å²) in [6, 6.07) is 7.68. The van der Waals surface area contributed by atoms with Crippen LogP contribution in [0.1, 0.15) is 23.0 Å². The molecule has 2 aromatic heterocycles. The number of benzene rings is 1. The summed E-state index contributed by atoms with van der Waals surface area (Å²) in [5, 5.41) is 4.30. The maximum Gasteiger partial charge on any atom is 0.275 e. The number of halogens is 1. The SMILES string of the molecule is CCONC(=O)c1cc(-c2ccccc2F)nc2onc(C)c12. The predicted molar refractivity (Wildman–Crippen MR) is 81.0 cm³/mol. The Bertz CT molecular complexity index is 876. The summed E-state index contributed by atoms with van der Waals surface area (Å²) in [7, 11) is 0. The summed E-state index contributed by atoms with van der Waals surface area (Å²) in [5.74, 6) is -0.908. The molecule has 1 N–H and O–H groups in total. The first-order chi connectivity index (χ1) is 11.1. The van der Waals surface area contributed by atoms with Crippen molar-refractivity contribution in [3.8, 4) is 11.3 Å². The monoisotopic (exact) mass is 315 g/mol. The second-order valence-corrected chi connectivity index (χ2v) is 4.85. The Morgan fingerprint density at radius 1 is 1.39 bits per heavy atom. The number of nitrogens with one attached hydrogen (secondary N) is 1. The maximum absolute atomic E-state index is 14.0. The van der Waals surface area contributed by atoms with Gasteiger partial charge in [-0.2, -0.15) is 0 Å². The summed E-state index contributed by atoms with van der Waals surface area (Å²) < 4.78 is 19.1. The van der Waals surface area contributed by atoms with Gasteiger partial charge < -0.3 is 4.52 Å². The number of fused-ring (bicyclic) bond motifs is 1. The molecule has 0 unspecified atom stereocenters. The highest BCUT2D eigenvalue weighted by molar-refractivity contribution is 6.06. The molecule has 23 heavy (non-hydrogen) atoms. The van der Waals surface area contributed by atoms with Crippen molar-refractivity contribution in [3.63, 3.8) is 0 Å². The van der Waals surface area contributed by atoms with Crippen LogP contribution in [-0.4, -0.2) is 22.7 Å². The lowest BCUT2D eigenvalue weighted by Crippen LogP contribution is -2.24. The van der Waals surface area contributed by atoms with Crippen LogP contribution in [-0.2, 0) is 4.84 Å². The lowest BCUT2D eigenvalue weighted by atomic mass is 10.0. The second-order valence-electron chi connectivity index (χ2n) is 4.85. The molecule has 0 saturated carbocycles. The fraction of sp³-hybridized carbons (Fsp3) is 0.188. The molecule has 0 aliphatic carbocycles. The van der Waals surface area contributed by atoms with Gasteiger partial charge in [0.15, 0.2) is 0 Å². The van der Waals surface area contributed by atoms with Crippen molar-refractivity contribution < 1.29 is 18.5 Å². The quantitative estimate of drug-likeness (QED) is 0.749. The van der Waals surface area contributed by atoms with E-state index in [0.717, 1.165) is 0 Å². The van der Waals surface area contributed by atoms with Crippen molar-refractivity contribution >= 4 is 17.0 Å². The number of hydroxylamine groups is 1. The van der Waals surface area contributed by atoms with E-state index in [4.69, 9.17) is 9.36 Å².